The fourth-order valence-electron chi connectivity index (χ4n) is 2.69. The Balaban J connectivity index is 1.84. The van der Waals surface area contributed by atoms with E-state index >= 15 is 0 Å². The first-order valence-electron chi connectivity index (χ1n) is 8.59. The van der Waals surface area contributed by atoms with Crippen LogP contribution in [0.5, 0.6) is 0 Å². The van der Waals surface area contributed by atoms with Gasteiger partial charge in [0.15, 0.2) is 0 Å². The van der Waals surface area contributed by atoms with Gasteiger partial charge in [-0.05, 0) is 31.5 Å². The summed E-state index contributed by atoms with van der Waals surface area (Å²) in [6.45, 7) is 9.88. The molecule has 1 aromatic rings. The minimum Gasteiger partial charge on any atom is -0.390 e. The molecule has 0 saturated carbocycles. The maximum Gasteiger partial charge on any atom is 0.145 e. The van der Waals surface area contributed by atoms with Crippen LogP contribution < -0.4 is 0 Å². The van der Waals surface area contributed by atoms with Gasteiger partial charge in [-0.3, -0.25) is 4.90 Å². The first kappa shape index (κ1) is 19.9. The second-order valence-electron chi connectivity index (χ2n) is 6.52. The lowest BCUT2D eigenvalue weighted by Gasteiger charge is -2.26. The lowest BCUT2D eigenvalue weighted by atomic mass is 10.0. The van der Waals surface area contributed by atoms with E-state index in [9.17, 15) is 5.11 Å². The number of oxime groups is 1. The molecule has 0 fully saturated rings. The number of hydrogen-bond acceptors (Lipinski definition) is 5. The van der Waals surface area contributed by atoms with Crippen molar-refractivity contribution in [2.24, 2.45) is 5.16 Å². The lowest BCUT2D eigenvalue weighted by Crippen LogP contribution is -2.40. The van der Waals surface area contributed by atoms with Gasteiger partial charge < -0.3 is 14.7 Å². The predicted octanol–water partition coefficient (Wildman–Crippen LogP) is 3.11. The van der Waals surface area contributed by atoms with Crippen molar-refractivity contribution >= 4 is 17.3 Å². The van der Waals surface area contributed by atoms with Crippen molar-refractivity contribution in [1.29, 1.82) is 0 Å². The average molecular weight is 367 g/mol. The van der Waals surface area contributed by atoms with Crippen LogP contribution in [0.1, 0.15) is 25.8 Å². The molecule has 0 bridgehead atoms. The van der Waals surface area contributed by atoms with Crippen LogP contribution in [0.2, 0.25) is 5.02 Å². The van der Waals surface area contributed by atoms with E-state index in [1.165, 1.54) is 0 Å². The van der Waals surface area contributed by atoms with Crippen LogP contribution in [0.3, 0.4) is 0 Å². The first-order chi connectivity index (χ1) is 12.0. The molecule has 0 aromatic heterocycles. The average Bonchev–Trinajstić information content (AvgIpc) is 3.02. The highest BCUT2D eigenvalue weighted by atomic mass is 35.5. The van der Waals surface area contributed by atoms with Gasteiger partial charge in [0.2, 0.25) is 0 Å². The van der Waals surface area contributed by atoms with Gasteiger partial charge in [0.1, 0.15) is 6.10 Å². The third-order valence-corrected chi connectivity index (χ3v) is 4.10. The number of nitrogens with zero attached hydrogens (tertiary/aromatic N) is 2. The second kappa shape index (κ2) is 9.92. The fourth-order valence-corrected chi connectivity index (χ4v) is 2.81. The molecule has 5 nitrogen and oxygen atoms in total. The summed E-state index contributed by atoms with van der Waals surface area (Å²) in [5, 5.41) is 15.0. The Morgan fingerprint density at radius 1 is 1.44 bits per heavy atom. The topological polar surface area (TPSA) is 54.3 Å². The van der Waals surface area contributed by atoms with E-state index in [2.05, 4.69) is 16.6 Å². The summed E-state index contributed by atoms with van der Waals surface area (Å²) in [6, 6.07) is 7.59. The Morgan fingerprint density at radius 3 is 2.80 bits per heavy atom. The molecular formula is C19H27ClN2O3. The summed E-state index contributed by atoms with van der Waals surface area (Å²) >= 11 is 5.92. The predicted molar refractivity (Wildman–Crippen MR) is 101 cm³/mol. The summed E-state index contributed by atoms with van der Waals surface area (Å²) in [4.78, 5) is 7.68. The van der Waals surface area contributed by atoms with Crippen molar-refractivity contribution in [2.45, 2.75) is 38.6 Å². The maximum atomic E-state index is 10.1. The molecule has 25 heavy (non-hydrogen) atoms. The Labute approximate surface area is 154 Å². The molecule has 1 heterocycles. The maximum absolute atomic E-state index is 10.1. The highest BCUT2D eigenvalue weighted by Crippen LogP contribution is 2.19. The standard InChI is InChI=1S/C19H27ClN2O3/c1-4-9-22(11-17(23)13-24-14(2)3)12-18-10-19(21-25-18)15-5-7-16(20)8-6-15/h4-8,14,17-18,23H,1,9-13H2,2-3H3/t17-,18-/m1/s1. The van der Waals surface area contributed by atoms with E-state index in [1.54, 1.807) is 0 Å². The zero-order valence-corrected chi connectivity index (χ0v) is 15.7. The van der Waals surface area contributed by atoms with Gasteiger partial charge in [-0.2, -0.15) is 0 Å². The van der Waals surface area contributed by atoms with Crippen molar-refractivity contribution < 1.29 is 14.7 Å². The number of rotatable bonds is 10. The molecule has 138 valence electrons. The summed E-state index contributed by atoms with van der Waals surface area (Å²) in [5.41, 5.74) is 1.94. The van der Waals surface area contributed by atoms with Crippen LogP contribution in [0.4, 0.5) is 0 Å². The number of halogens is 1. The van der Waals surface area contributed by atoms with Gasteiger partial charge in [-0.15, -0.1) is 6.58 Å². The fraction of sp³-hybridized carbons (Fsp3) is 0.526. The van der Waals surface area contributed by atoms with Crippen LogP contribution in [0.25, 0.3) is 0 Å². The lowest BCUT2D eigenvalue weighted by molar-refractivity contribution is -0.0158. The van der Waals surface area contributed by atoms with Gasteiger partial charge in [-0.25, -0.2) is 0 Å². The smallest absolute Gasteiger partial charge is 0.145 e. The van der Waals surface area contributed by atoms with E-state index in [1.807, 2.05) is 44.2 Å². The highest BCUT2D eigenvalue weighted by Gasteiger charge is 2.25. The molecule has 0 unspecified atom stereocenters. The quantitative estimate of drug-likeness (QED) is 0.646. The van der Waals surface area contributed by atoms with E-state index in [0.29, 0.717) is 31.3 Å². The van der Waals surface area contributed by atoms with Crippen LogP contribution in [0.15, 0.2) is 42.1 Å². The highest BCUT2D eigenvalue weighted by molar-refractivity contribution is 6.30. The molecule has 0 spiro atoms. The van der Waals surface area contributed by atoms with E-state index in [4.69, 9.17) is 21.2 Å². The molecule has 1 aromatic carbocycles. The normalized spacial score (nSPS) is 18.3. The van der Waals surface area contributed by atoms with Gasteiger partial charge in [0, 0.05) is 31.1 Å². The van der Waals surface area contributed by atoms with E-state index in [0.717, 1.165) is 17.7 Å². The summed E-state index contributed by atoms with van der Waals surface area (Å²) in [7, 11) is 0. The molecule has 6 heteroatoms. The number of hydrogen-bond donors (Lipinski definition) is 1. The second-order valence-corrected chi connectivity index (χ2v) is 6.96. The first-order valence-corrected chi connectivity index (χ1v) is 8.97. The molecule has 1 aliphatic rings. The van der Waals surface area contributed by atoms with Crippen LogP contribution in [-0.2, 0) is 9.57 Å². The molecule has 0 aliphatic carbocycles. The van der Waals surface area contributed by atoms with Crippen LogP contribution in [-0.4, -0.2) is 60.3 Å². The third-order valence-electron chi connectivity index (χ3n) is 3.85. The van der Waals surface area contributed by atoms with Gasteiger partial charge in [0.25, 0.3) is 0 Å². The zero-order chi connectivity index (χ0) is 18.2. The van der Waals surface area contributed by atoms with Gasteiger partial charge in [0.05, 0.1) is 24.5 Å². The minimum atomic E-state index is -0.541. The van der Waals surface area contributed by atoms with E-state index in [-0.39, 0.29) is 12.2 Å². The molecule has 0 saturated heterocycles. The number of aliphatic hydroxyl groups is 1. The van der Waals surface area contributed by atoms with Crippen molar-refractivity contribution in [3.8, 4) is 0 Å². The number of benzene rings is 1. The van der Waals surface area contributed by atoms with Crippen molar-refractivity contribution in [2.75, 3.05) is 26.2 Å². The number of aliphatic hydroxyl groups excluding tert-OH is 1. The SMILES string of the molecule is C=CCN(C[C@@H](O)COC(C)C)C[C@H]1CC(c2ccc(Cl)cc2)=NO1. The van der Waals surface area contributed by atoms with Crippen molar-refractivity contribution in [3.63, 3.8) is 0 Å². The molecule has 1 aliphatic heterocycles. The molecule has 1 N–H and O–H groups in total. The summed E-state index contributed by atoms with van der Waals surface area (Å²) < 4.78 is 5.47. The Kier molecular flexibility index (Phi) is 7.90. The van der Waals surface area contributed by atoms with Gasteiger partial charge >= 0.3 is 0 Å². The van der Waals surface area contributed by atoms with E-state index < -0.39 is 6.10 Å². The molecule has 0 amide bonds. The zero-order valence-electron chi connectivity index (χ0n) is 14.9. The molecule has 2 rings (SSSR count). The van der Waals surface area contributed by atoms with Gasteiger partial charge in [-0.1, -0.05) is 35.0 Å². The van der Waals surface area contributed by atoms with Crippen LogP contribution >= 0.6 is 11.6 Å². The molecule has 2 atom stereocenters. The summed E-state index contributed by atoms with van der Waals surface area (Å²) in [5.74, 6) is 0. The Bertz CT molecular complexity index is 575. The third kappa shape index (κ3) is 6.78. The Hall–Kier alpha value is -1.40. The molecule has 0 radical (unpaired) electrons. The summed E-state index contributed by atoms with van der Waals surface area (Å²) in [6.07, 6.45) is 2.08. The number of ether oxygens (including phenoxy) is 1. The van der Waals surface area contributed by atoms with Crippen molar-refractivity contribution in [3.05, 3.63) is 47.5 Å². The Morgan fingerprint density at radius 2 is 2.16 bits per heavy atom. The van der Waals surface area contributed by atoms with Crippen molar-refractivity contribution in [1.82, 2.24) is 4.90 Å². The van der Waals surface area contributed by atoms with Crippen LogP contribution in [0, 0.1) is 0 Å². The largest absolute Gasteiger partial charge is 0.390 e. The minimum absolute atomic E-state index is 0.0381. The molecular weight excluding hydrogens is 340 g/mol. The monoisotopic (exact) mass is 366 g/mol.